The van der Waals surface area contributed by atoms with E-state index in [0.717, 1.165) is 5.56 Å². The highest BCUT2D eigenvalue weighted by molar-refractivity contribution is 7.89. The second-order valence-corrected chi connectivity index (χ2v) is 10.4. The Bertz CT molecular complexity index is 1390. The Morgan fingerprint density at radius 3 is 2.24 bits per heavy atom. The van der Waals surface area contributed by atoms with Gasteiger partial charge in [0, 0.05) is 27.6 Å². The van der Waals surface area contributed by atoms with Crippen molar-refractivity contribution < 1.29 is 21.6 Å². The molecule has 0 bridgehead atoms. The molecule has 0 aliphatic carbocycles. The maximum absolute atomic E-state index is 14.3. The van der Waals surface area contributed by atoms with Crippen molar-refractivity contribution in [3.63, 3.8) is 0 Å². The van der Waals surface area contributed by atoms with Gasteiger partial charge in [-0.1, -0.05) is 53.0 Å². The first kappa shape index (κ1) is 24.8. The average molecular weight is 549 g/mol. The van der Waals surface area contributed by atoms with E-state index in [4.69, 9.17) is 34.8 Å². The minimum Gasteiger partial charge on any atom is -0.302 e. The fraction of sp³-hybridized carbons (Fsp3) is 0.136. The molecular formula is C22H15Cl3F3N3O2S. The average Bonchev–Trinajstić information content (AvgIpc) is 3.25. The normalized spacial score (nSPS) is 16.8. The van der Waals surface area contributed by atoms with Crippen LogP contribution in [0.2, 0.25) is 15.1 Å². The lowest BCUT2D eigenvalue weighted by Gasteiger charge is -2.21. The fourth-order valence-electron chi connectivity index (χ4n) is 3.51. The first-order valence-electron chi connectivity index (χ1n) is 9.74. The number of benzene rings is 3. The maximum atomic E-state index is 14.3. The quantitative estimate of drug-likeness (QED) is 0.362. The molecule has 2 unspecified atom stereocenters. The second kappa shape index (κ2) is 9.75. The molecule has 0 radical (unpaired) electrons. The molecule has 12 heteroatoms. The van der Waals surface area contributed by atoms with Crippen LogP contribution in [0.4, 0.5) is 13.2 Å². The van der Waals surface area contributed by atoms with Crippen LogP contribution in [0.25, 0.3) is 0 Å². The summed E-state index contributed by atoms with van der Waals surface area (Å²) < 4.78 is 69.7. The molecule has 178 valence electrons. The van der Waals surface area contributed by atoms with Gasteiger partial charge in [0.05, 0.1) is 17.8 Å². The number of nitrogens with one attached hydrogen (secondary N) is 2. The molecule has 2 N–H and O–H groups in total. The zero-order valence-electron chi connectivity index (χ0n) is 17.0. The standard InChI is InChI=1S/C22H15Cl3F3N3O2S/c23-12-3-1-11(2-4-12)19-10-20(30-29-19)22(14-6-5-13(24)7-15(14)25)31-34(32,33)21-9-17(27)16(26)8-18(21)28/h1-9,19,22,29,31H,10H2. The van der Waals surface area contributed by atoms with E-state index in [9.17, 15) is 21.6 Å². The van der Waals surface area contributed by atoms with Gasteiger partial charge in [0.15, 0.2) is 11.6 Å². The van der Waals surface area contributed by atoms with Crippen molar-refractivity contribution in [2.24, 2.45) is 5.10 Å². The molecule has 1 aliphatic rings. The molecule has 4 rings (SSSR count). The zero-order valence-corrected chi connectivity index (χ0v) is 20.1. The van der Waals surface area contributed by atoms with Crippen molar-refractivity contribution >= 4 is 50.5 Å². The smallest absolute Gasteiger partial charge is 0.244 e. The second-order valence-electron chi connectivity index (χ2n) is 7.46. The minimum absolute atomic E-state index is 0.128. The Labute approximate surface area is 208 Å². The molecule has 0 amide bonds. The topological polar surface area (TPSA) is 70.6 Å². The van der Waals surface area contributed by atoms with Crippen LogP contribution in [-0.4, -0.2) is 14.1 Å². The number of rotatable bonds is 6. The van der Waals surface area contributed by atoms with E-state index in [1.807, 2.05) is 0 Å². The van der Waals surface area contributed by atoms with Crippen LogP contribution < -0.4 is 10.1 Å². The molecule has 34 heavy (non-hydrogen) atoms. The van der Waals surface area contributed by atoms with Gasteiger partial charge in [0.25, 0.3) is 0 Å². The molecule has 0 saturated heterocycles. The highest BCUT2D eigenvalue weighted by atomic mass is 35.5. The third-order valence-corrected chi connectivity index (χ3v) is 7.45. The van der Waals surface area contributed by atoms with Gasteiger partial charge in [0.1, 0.15) is 10.7 Å². The molecular weight excluding hydrogens is 534 g/mol. The summed E-state index contributed by atoms with van der Waals surface area (Å²) in [5.41, 5.74) is 4.40. The van der Waals surface area contributed by atoms with E-state index in [1.165, 1.54) is 18.2 Å². The zero-order chi connectivity index (χ0) is 24.6. The molecule has 2 atom stereocenters. The van der Waals surface area contributed by atoms with Crippen molar-refractivity contribution in [2.75, 3.05) is 0 Å². The molecule has 3 aromatic rings. The van der Waals surface area contributed by atoms with E-state index in [-0.39, 0.29) is 35.2 Å². The summed E-state index contributed by atoms with van der Waals surface area (Å²) in [6.45, 7) is 0. The summed E-state index contributed by atoms with van der Waals surface area (Å²) in [5.74, 6) is -4.47. The van der Waals surface area contributed by atoms with E-state index >= 15 is 0 Å². The third kappa shape index (κ3) is 5.18. The highest BCUT2D eigenvalue weighted by Gasteiger charge is 2.33. The minimum atomic E-state index is -4.68. The van der Waals surface area contributed by atoms with Crippen LogP contribution >= 0.6 is 34.8 Å². The predicted octanol–water partition coefficient (Wildman–Crippen LogP) is 6.17. The van der Waals surface area contributed by atoms with Gasteiger partial charge in [-0.2, -0.15) is 9.82 Å². The summed E-state index contributed by atoms with van der Waals surface area (Å²) in [6.07, 6.45) is 0.258. The third-order valence-electron chi connectivity index (χ3n) is 5.19. The van der Waals surface area contributed by atoms with Gasteiger partial charge < -0.3 is 5.43 Å². The molecule has 0 saturated carbocycles. The molecule has 0 fully saturated rings. The molecule has 0 spiro atoms. The summed E-state index contributed by atoms with van der Waals surface area (Å²) in [7, 11) is -4.68. The van der Waals surface area contributed by atoms with Gasteiger partial charge in [-0.25, -0.2) is 21.6 Å². The van der Waals surface area contributed by atoms with E-state index in [2.05, 4.69) is 15.2 Å². The Balaban J connectivity index is 1.71. The fourth-order valence-corrected chi connectivity index (χ4v) is 5.42. The monoisotopic (exact) mass is 547 g/mol. The van der Waals surface area contributed by atoms with Crippen molar-refractivity contribution in [2.45, 2.75) is 23.4 Å². The first-order chi connectivity index (χ1) is 16.0. The lowest BCUT2D eigenvalue weighted by Crippen LogP contribution is -2.34. The Kier molecular flexibility index (Phi) is 7.12. The van der Waals surface area contributed by atoms with Crippen LogP contribution in [0, 0.1) is 17.5 Å². The highest BCUT2D eigenvalue weighted by Crippen LogP contribution is 2.34. The number of hydrogen-bond acceptors (Lipinski definition) is 4. The van der Waals surface area contributed by atoms with E-state index in [0.29, 0.717) is 15.8 Å². The Hall–Kier alpha value is -2.30. The van der Waals surface area contributed by atoms with Gasteiger partial charge in [-0.3, -0.25) is 0 Å². The molecule has 0 aromatic heterocycles. The van der Waals surface area contributed by atoms with Crippen LogP contribution in [0.3, 0.4) is 0 Å². The molecule has 1 heterocycles. The molecule has 1 aliphatic heterocycles. The summed E-state index contributed by atoms with van der Waals surface area (Å²) in [4.78, 5) is -1.05. The number of halogens is 6. The van der Waals surface area contributed by atoms with Gasteiger partial charge in [-0.15, -0.1) is 0 Å². The lowest BCUT2D eigenvalue weighted by molar-refractivity contribution is 0.481. The van der Waals surface area contributed by atoms with Crippen molar-refractivity contribution in [1.82, 2.24) is 10.1 Å². The van der Waals surface area contributed by atoms with Crippen molar-refractivity contribution in [3.8, 4) is 0 Å². The van der Waals surface area contributed by atoms with Crippen LogP contribution in [-0.2, 0) is 10.0 Å². The number of hydrazone groups is 1. The van der Waals surface area contributed by atoms with Crippen molar-refractivity contribution in [3.05, 3.63) is 98.2 Å². The Morgan fingerprint density at radius 1 is 0.912 bits per heavy atom. The summed E-state index contributed by atoms with van der Waals surface area (Å²) >= 11 is 18.2. The van der Waals surface area contributed by atoms with Crippen LogP contribution in [0.15, 0.2) is 64.6 Å². The van der Waals surface area contributed by atoms with Gasteiger partial charge in [-0.05, 0) is 41.5 Å². The van der Waals surface area contributed by atoms with Crippen molar-refractivity contribution in [1.29, 1.82) is 0 Å². The largest absolute Gasteiger partial charge is 0.302 e. The van der Waals surface area contributed by atoms with E-state index < -0.39 is 38.4 Å². The summed E-state index contributed by atoms with van der Waals surface area (Å²) in [5, 5.41) is 5.27. The predicted molar refractivity (Wildman–Crippen MR) is 125 cm³/mol. The number of sulfonamides is 1. The number of nitrogens with zero attached hydrogens (tertiary/aromatic N) is 1. The number of hydrogen-bond donors (Lipinski definition) is 2. The first-order valence-corrected chi connectivity index (χ1v) is 12.4. The SMILES string of the molecule is O=S(=O)(NC(C1=NNC(c2ccc(Cl)cc2)C1)c1ccc(Cl)cc1Cl)c1cc(F)c(F)cc1F. The van der Waals surface area contributed by atoms with Gasteiger partial charge >= 0.3 is 0 Å². The summed E-state index contributed by atoms with van der Waals surface area (Å²) in [6, 6.07) is 10.4. The van der Waals surface area contributed by atoms with E-state index in [1.54, 1.807) is 24.3 Å². The lowest BCUT2D eigenvalue weighted by atomic mass is 9.96. The maximum Gasteiger partial charge on any atom is 0.244 e. The molecule has 3 aromatic carbocycles. The van der Waals surface area contributed by atoms with Crippen LogP contribution in [0.1, 0.15) is 29.6 Å². The molecule has 5 nitrogen and oxygen atoms in total. The Morgan fingerprint density at radius 2 is 1.56 bits per heavy atom. The van der Waals surface area contributed by atoms with Crippen LogP contribution in [0.5, 0.6) is 0 Å². The van der Waals surface area contributed by atoms with Gasteiger partial charge in [0.2, 0.25) is 10.0 Å².